The highest BCUT2D eigenvalue weighted by molar-refractivity contribution is 5.75. The molecule has 2 N–H and O–H groups in total. The highest BCUT2D eigenvalue weighted by atomic mass is 16.6. The molecule has 0 aromatic rings. The van der Waals surface area contributed by atoms with Crippen molar-refractivity contribution in [3.63, 3.8) is 0 Å². The van der Waals surface area contributed by atoms with Crippen molar-refractivity contribution in [2.24, 2.45) is 23.2 Å². The van der Waals surface area contributed by atoms with Gasteiger partial charge < -0.3 is 14.9 Å². The van der Waals surface area contributed by atoms with Crippen molar-refractivity contribution in [3.05, 3.63) is 11.6 Å². The monoisotopic (exact) mass is 266 g/mol. The fraction of sp³-hybridized carbons (Fsp3) is 0.800. The van der Waals surface area contributed by atoms with Crippen LogP contribution in [0.5, 0.6) is 0 Å². The molecule has 0 bridgehead atoms. The summed E-state index contributed by atoms with van der Waals surface area (Å²) < 4.78 is 5.45. The van der Waals surface area contributed by atoms with Crippen molar-refractivity contribution in [1.82, 2.24) is 0 Å². The molecule has 4 heteroatoms. The summed E-state index contributed by atoms with van der Waals surface area (Å²) in [6.07, 6.45) is 1.97. The maximum Gasteiger partial charge on any atom is 0.309 e. The van der Waals surface area contributed by atoms with Gasteiger partial charge in [-0.3, -0.25) is 4.79 Å². The number of carbonyl (C=O) groups excluding carboxylic acids is 1. The van der Waals surface area contributed by atoms with Gasteiger partial charge in [0.05, 0.1) is 18.1 Å². The molecule has 106 valence electrons. The molecule has 3 aliphatic rings. The first-order valence-electron chi connectivity index (χ1n) is 7.13. The van der Waals surface area contributed by atoms with E-state index >= 15 is 0 Å². The van der Waals surface area contributed by atoms with Crippen LogP contribution in [0.25, 0.3) is 0 Å². The van der Waals surface area contributed by atoms with Gasteiger partial charge in [-0.25, -0.2) is 0 Å². The minimum atomic E-state index is -0.569. The molecule has 4 nitrogen and oxygen atoms in total. The second-order valence-corrected chi connectivity index (χ2v) is 6.69. The molecule has 0 radical (unpaired) electrons. The second kappa shape index (κ2) is 4.06. The topological polar surface area (TPSA) is 66.8 Å². The van der Waals surface area contributed by atoms with Crippen molar-refractivity contribution in [1.29, 1.82) is 0 Å². The van der Waals surface area contributed by atoms with E-state index in [0.717, 1.165) is 5.57 Å². The maximum atomic E-state index is 11.7. The SMILES string of the molecule is CC1C2=C[C@@H]3[C@H](C)C(=O)O[C@@H]3C[C@@]2(C)[C@H](O)C[C@@H]1O. The third-order valence-electron chi connectivity index (χ3n) is 5.57. The van der Waals surface area contributed by atoms with E-state index in [1.165, 1.54) is 0 Å². The van der Waals surface area contributed by atoms with Crippen molar-refractivity contribution < 1.29 is 19.7 Å². The quantitative estimate of drug-likeness (QED) is 0.512. The fourth-order valence-electron chi connectivity index (χ4n) is 4.08. The van der Waals surface area contributed by atoms with Crippen LogP contribution in [0.3, 0.4) is 0 Å². The number of fused-ring (bicyclic) bond motifs is 2. The standard InChI is InChI=1S/C15H22O4/c1-7-9-4-10-8(2)11(16)5-13(17)15(10,3)6-12(9)19-14(7)18/h4,7-9,11-13,16-17H,5-6H2,1-3H3/t7-,8?,9+,11-,12+,13+,15+/m0/s1. The van der Waals surface area contributed by atoms with Crippen LogP contribution in [0.4, 0.5) is 0 Å². The Morgan fingerprint density at radius 3 is 2.68 bits per heavy atom. The van der Waals surface area contributed by atoms with Crippen molar-refractivity contribution in [2.75, 3.05) is 0 Å². The molecule has 1 aliphatic heterocycles. The smallest absolute Gasteiger partial charge is 0.309 e. The van der Waals surface area contributed by atoms with Gasteiger partial charge >= 0.3 is 5.97 Å². The summed E-state index contributed by atoms with van der Waals surface area (Å²) >= 11 is 0. The molecule has 0 amide bonds. The van der Waals surface area contributed by atoms with Crippen LogP contribution in [0.1, 0.15) is 33.6 Å². The number of hydrogen-bond acceptors (Lipinski definition) is 4. The van der Waals surface area contributed by atoms with E-state index in [0.29, 0.717) is 12.8 Å². The Kier molecular flexibility index (Phi) is 2.81. The maximum absolute atomic E-state index is 11.7. The lowest BCUT2D eigenvalue weighted by Crippen LogP contribution is -2.51. The summed E-state index contributed by atoms with van der Waals surface area (Å²) in [5.41, 5.74) is 0.731. The molecule has 1 heterocycles. The van der Waals surface area contributed by atoms with Gasteiger partial charge in [0, 0.05) is 23.7 Å². The van der Waals surface area contributed by atoms with Gasteiger partial charge in [-0.2, -0.15) is 0 Å². The van der Waals surface area contributed by atoms with Gasteiger partial charge in [0.1, 0.15) is 6.10 Å². The van der Waals surface area contributed by atoms with E-state index in [1.807, 2.05) is 20.8 Å². The minimum Gasteiger partial charge on any atom is -0.461 e. The van der Waals surface area contributed by atoms with E-state index in [2.05, 4.69) is 6.08 Å². The zero-order valence-electron chi connectivity index (χ0n) is 11.7. The zero-order valence-corrected chi connectivity index (χ0v) is 11.7. The number of aliphatic hydroxyl groups is 2. The lowest BCUT2D eigenvalue weighted by Gasteiger charge is -2.50. The normalized spacial score (nSPS) is 53.1. The molecule has 0 aromatic heterocycles. The molecule has 0 spiro atoms. The first-order chi connectivity index (χ1) is 8.84. The van der Waals surface area contributed by atoms with Gasteiger partial charge in [0.15, 0.2) is 0 Å². The van der Waals surface area contributed by atoms with E-state index in [9.17, 15) is 15.0 Å². The summed E-state index contributed by atoms with van der Waals surface area (Å²) in [4.78, 5) is 11.7. The van der Waals surface area contributed by atoms with Gasteiger partial charge in [-0.05, 0) is 6.42 Å². The number of esters is 1. The van der Waals surface area contributed by atoms with Gasteiger partial charge in [-0.1, -0.05) is 32.4 Å². The van der Waals surface area contributed by atoms with Crippen LogP contribution in [0, 0.1) is 23.2 Å². The lowest BCUT2D eigenvalue weighted by molar-refractivity contribution is -0.146. The Balaban J connectivity index is 2.03. The largest absolute Gasteiger partial charge is 0.461 e. The summed E-state index contributed by atoms with van der Waals surface area (Å²) in [6.45, 7) is 5.93. The highest BCUT2D eigenvalue weighted by Crippen LogP contribution is 2.53. The molecule has 2 aliphatic carbocycles. The number of ether oxygens (including phenoxy) is 1. The fourth-order valence-corrected chi connectivity index (χ4v) is 4.08. The highest BCUT2D eigenvalue weighted by Gasteiger charge is 2.54. The molecular weight excluding hydrogens is 244 g/mol. The second-order valence-electron chi connectivity index (χ2n) is 6.69. The predicted octanol–water partition coefficient (Wildman–Crippen LogP) is 1.26. The third kappa shape index (κ3) is 1.69. The number of rotatable bonds is 0. The molecule has 1 saturated heterocycles. The van der Waals surface area contributed by atoms with Crippen LogP contribution in [-0.2, 0) is 9.53 Å². The predicted molar refractivity (Wildman–Crippen MR) is 69.1 cm³/mol. The molecule has 2 fully saturated rings. The Hall–Kier alpha value is -0.870. The van der Waals surface area contributed by atoms with Crippen LogP contribution in [0.15, 0.2) is 11.6 Å². The molecular formula is C15H22O4. The van der Waals surface area contributed by atoms with Crippen LogP contribution in [0.2, 0.25) is 0 Å². The van der Waals surface area contributed by atoms with E-state index in [-0.39, 0.29) is 35.2 Å². The molecule has 3 rings (SSSR count). The minimum absolute atomic E-state index is 0.0391. The van der Waals surface area contributed by atoms with E-state index in [4.69, 9.17) is 4.74 Å². The Morgan fingerprint density at radius 2 is 2.00 bits per heavy atom. The van der Waals surface area contributed by atoms with Crippen molar-refractivity contribution in [3.8, 4) is 0 Å². The average Bonchev–Trinajstić information content (AvgIpc) is 2.61. The number of carbonyl (C=O) groups is 1. The first kappa shape index (κ1) is 13.1. The summed E-state index contributed by atoms with van der Waals surface area (Å²) in [7, 11) is 0. The van der Waals surface area contributed by atoms with Crippen LogP contribution < -0.4 is 0 Å². The zero-order chi connectivity index (χ0) is 13.9. The van der Waals surface area contributed by atoms with Crippen molar-refractivity contribution in [2.45, 2.75) is 51.9 Å². The average molecular weight is 266 g/mol. The van der Waals surface area contributed by atoms with Gasteiger partial charge in [0.2, 0.25) is 0 Å². The molecule has 1 saturated carbocycles. The Bertz CT molecular complexity index is 443. The van der Waals surface area contributed by atoms with Crippen molar-refractivity contribution >= 4 is 5.97 Å². The Labute approximate surface area is 113 Å². The molecule has 0 aromatic carbocycles. The number of aliphatic hydroxyl groups excluding tert-OH is 2. The van der Waals surface area contributed by atoms with Gasteiger partial charge in [-0.15, -0.1) is 0 Å². The summed E-state index contributed by atoms with van der Waals surface area (Å²) in [5, 5.41) is 20.4. The lowest BCUT2D eigenvalue weighted by atomic mass is 9.57. The first-order valence-corrected chi connectivity index (χ1v) is 7.13. The van der Waals surface area contributed by atoms with E-state index in [1.54, 1.807) is 0 Å². The van der Waals surface area contributed by atoms with Gasteiger partial charge in [0.25, 0.3) is 0 Å². The number of hydrogen-bond donors (Lipinski definition) is 2. The van der Waals surface area contributed by atoms with Crippen LogP contribution in [-0.4, -0.2) is 34.5 Å². The molecule has 19 heavy (non-hydrogen) atoms. The van der Waals surface area contributed by atoms with E-state index < -0.39 is 12.2 Å². The van der Waals surface area contributed by atoms with Crippen LogP contribution >= 0.6 is 0 Å². The summed E-state index contributed by atoms with van der Waals surface area (Å²) in [6, 6.07) is 0. The summed E-state index contributed by atoms with van der Waals surface area (Å²) in [5.74, 6) is -0.130. The third-order valence-corrected chi connectivity index (χ3v) is 5.57. The molecule has 7 atom stereocenters. The molecule has 1 unspecified atom stereocenters. The Morgan fingerprint density at radius 1 is 1.32 bits per heavy atom.